The average Bonchev–Trinajstić information content (AvgIpc) is 2.42. The minimum Gasteiger partial charge on any atom is -0.542 e. The fourth-order valence-corrected chi connectivity index (χ4v) is 3.31. The van der Waals surface area contributed by atoms with Gasteiger partial charge in [-0.15, -0.1) is 0 Å². The summed E-state index contributed by atoms with van der Waals surface area (Å²) in [6, 6.07) is 7.14. The van der Waals surface area contributed by atoms with E-state index in [0.717, 1.165) is 0 Å². The number of allylic oxidation sites excluding steroid dienone is 1. The Hall–Kier alpha value is -1.38. The summed E-state index contributed by atoms with van der Waals surface area (Å²) in [6.07, 6.45) is 3.29. The van der Waals surface area contributed by atoms with Crippen molar-refractivity contribution in [3.63, 3.8) is 0 Å². The van der Waals surface area contributed by atoms with E-state index in [4.69, 9.17) is 29.9 Å². The zero-order chi connectivity index (χ0) is 18.4. The molecule has 7 heteroatoms. The molecule has 0 bridgehead atoms. The molecule has 0 heterocycles. The first-order chi connectivity index (χ1) is 11.0. The lowest BCUT2D eigenvalue weighted by Gasteiger charge is -2.23. The second kappa shape index (κ2) is 8.64. The van der Waals surface area contributed by atoms with E-state index in [0.29, 0.717) is 22.5 Å². The summed E-state index contributed by atoms with van der Waals surface area (Å²) in [7, 11) is -2.02. The van der Waals surface area contributed by atoms with Crippen LogP contribution in [-0.4, -0.2) is 23.7 Å². The number of benzene rings is 1. The van der Waals surface area contributed by atoms with Crippen molar-refractivity contribution in [3.8, 4) is 5.75 Å². The molecule has 1 rings (SSSR count). The molecule has 0 fully saturated rings. The molecule has 0 saturated carbocycles. The van der Waals surface area contributed by atoms with E-state index in [-0.39, 0.29) is 0 Å². The third-order valence-corrected chi connectivity index (χ3v) is 4.33. The van der Waals surface area contributed by atoms with Crippen molar-refractivity contribution in [1.82, 2.24) is 0 Å². The van der Waals surface area contributed by atoms with Crippen LogP contribution < -0.4 is 4.74 Å². The molecule has 0 unspecified atom stereocenters. The molecular weight excluding hydrogens is 360 g/mol. The van der Waals surface area contributed by atoms with Gasteiger partial charge >= 0.3 is 0 Å². The lowest BCUT2D eigenvalue weighted by atomic mass is 10.3. The van der Waals surface area contributed by atoms with Crippen molar-refractivity contribution < 1.29 is 18.3 Å². The van der Waals surface area contributed by atoms with Crippen LogP contribution in [0.4, 0.5) is 0 Å². The minimum absolute atomic E-state index is 0.429. The first-order valence-corrected chi connectivity index (χ1v) is 14.9. The van der Waals surface area contributed by atoms with E-state index in [9.17, 15) is 0 Å². The molecular formula is C17H27ClO4Si2. The fourth-order valence-electron chi connectivity index (χ4n) is 1.63. The Morgan fingerprint density at radius 3 is 1.92 bits per heavy atom. The number of halogens is 1. The zero-order valence-electron chi connectivity index (χ0n) is 15.5. The summed E-state index contributed by atoms with van der Waals surface area (Å²) in [5.74, 6) is 1.67. The van der Waals surface area contributed by atoms with Crippen LogP contribution in [0.15, 0.2) is 48.3 Å². The van der Waals surface area contributed by atoms with Crippen molar-refractivity contribution in [2.75, 3.05) is 7.11 Å². The Morgan fingerprint density at radius 2 is 1.46 bits per heavy atom. The monoisotopic (exact) mass is 386 g/mol. The van der Waals surface area contributed by atoms with Gasteiger partial charge in [-0.1, -0.05) is 11.6 Å². The van der Waals surface area contributed by atoms with Crippen LogP contribution in [0.2, 0.25) is 44.3 Å². The van der Waals surface area contributed by atoms with Gasteiger partial charge in [-0.2, -0.15) is 0 Å². The molecule has 0 amide bonds. The Morgan fingerprint density at radius 1 is 0.917 bits per heavy atom. The van der Waals surface area contributed by atoms with Crippen LogP contribution in [-0.2, 0) is 13.6 Å². The first kappa shape index (κ1) is 20.7. The maximum Gasteiger partial charge on any atom is 0.268 e. The van der Waals surface area contributed by atoms with E-state index in [2.05, 4.69) is 39.3 Å². The summed E-state index contributed by atoms with van der Waals surface area (Å²) in [5, 5.41) is 0.662. The topological polar surface area (TPSA) is 36.9 Å². The predicted molar refractivity (Wildman–Crippen MR) is 104 cm³/mol. The van der Waals surface area contributed by atoms with Crippen LogP contribution in [0, 0.1) is 0 Å². The number of methoxy groups -OCH3 is 1. The minimum atomic E-state index is -1.82. The number of hydrogen-bond donors (Lipinski definition) is 0. The van der Waals surface area contributed by atoms with Crippen LogP contribution in [0.1, 0.15) is 0 Å². The largest absolute Gasteiger partial charge is 0.542 e. The normalized spacial score (nSPS) is 13.5. The summed E-state index contributed by atoms with van der Waals surface area (Å²) in [4.78, 5) is 0. The molecule has 1 aromatic carbocycles. The van der Waals surface area contributed by atoms with E-state index in [1.165, 1.54) is 0 Å². The van der Waals surface area contributed by atoms with Crippen molar-refractivity contribution in [3.05, 3.63) is 53.3 Å². The molecule has 1 aromatic rings. The molecule has 0 aliphatic carbocycles. The summed E-state index contributed by atoms with van der Waals surface area (Å²) < 4.78 is 23.0. The molecule has 0 saturated heterocycles. The second-order valence-electron chi connectivity index (χ2n) is 7.19. The smallest absolute Gasteiger partial charge is 0.268 e. The summed E-state index contributed by atoms with van der Waals surface area (Å²) in [6.45, 7) is 12.6. The second-order valence-corrected chi connectivity index (χ2v) is 16.5. The lowest BCUT2D eigenvalue weighted by Crippen LogP contribution is -2.27. The zero-order valence-corrected chi connectivity index (χ0v) is 18.2. The Kier molecular flexibility index (Phi) is 7.44. The van der Waals surface area contributed by atoms with Gasteiger partial charge in [0, 0.05) is 5.02 Å². The molecule has 134 valence electrons. The van der Waals surface area contributed by atoms with Crippen LogP contribution in [0.3, 0.4) is 0 Å². The van der Waals surface area contributed by atoms with Gasteiger partial charge in [-0.05, 0) is 63.5 Å². The van der Waals surface area contributed by atoms with Gasteiger partial charge in [0.05, 0.1) is 13.2 Å². The van der Waals surface area contributed by atoms with Gasteiger partial charge < -0.3 is 18.3 Å². The van der Waals surface area contributed by atoms with Crippen LogP contribution >= 0.6 is 11.6 Å². The van der Waals surface area contributed by atoms with Crippen LogP contribution in [0.5, 0.6) is 5.75 Å². The Balaban J connectivity index is 3.01. The molecule has 0 aliphatic heterocycles. The van der Waals surface area contributed by atoms with Crippen LogP contribution in [0.25, 0.3) is 0 Å². The Labute approximate surface area is 152 Å². The third kappa shape index (κ3) is 9.05. The van der Waals surface area contributed by atoms with E-state index in [1.807, 2.05) is 0 Å². The first-order valence-electron chi connectivity index (χ1n) is 7.75. The highest BCUT2D eigenvalue weighted by Gasteiger charge is 2.21. The average molecular weight is 387 g/mol. The van der Waals surface area contributed by atoms with Gasteiger partial charge in [0.2, 0.25) is 16.6 Å². The molecule has 0 spiro atoms. The highest BCUT2D eigenvalue weighted by atomic mass is 35.5. The third-order valence-electron chi connectivity index (χ3n) is 2.42. The molecule has 0 radical (unpaired) electrons. The SMILES string of the molecule is CO/C(=C\C(=C/Oc1ccc(Cl)cc1)O[Si](C)(C)C)O[Si](C)(C)C. The van der Waals surface area contributed by atoms with Crippen molar-refractivity contribution in [2.24, 2.45) is 0 Å². The number of hydrogen-bond acceptors (Lipinski definition) is 4. The molecule has 4 nitrogen and oxygen atoms in total. The van der Waals surface area contributed by atoms with E-state index < -0.39 is 16.6 Å². The lowest BCUT2D eigenvalue weighted by molar-refractivity contribution is 0.145. The molecule has 0 aromatic heterocycles. The number of ether oxygens (including phenoxy) is 2. The molecule has 24 heavy (non-hydrogen) atoms. The predicted octanol–water partition coefficient (Wildman–Crippen LogP) is 5.75. The maximum atomic E-state index is 6.06. The highest BCUT2D eigenvalue weighted by molar-refractivity contribution is 6.70. The van der Waals surface area contributed by atoms with Crippen molar-refractivity contribution in [1.29, 1.82) is 0 Å². The van der Waals surface area contributed by atoms with Gasteiger partial charge in [-0.3, -0.25) is 0 Å². The standard InChI is InChI=1S/C17H27ClO4Si2/c1-19-17(22-24(5,6)7)12-16(21-23(2,3)4)13-20-15-10-8-14(18)9-11-15/h8-13H,1-7H3/b16-13+,17-12+. The summed E-state index contributed by atoms with van der Waals surface area (Å²) >= 11 is 5.88. The summed E-state index contributed by atoms with van der Waals surface area (Å²) in [5.41, 5.74) is 0. The fraction of sp³-hybridized carbons (Fsp3) is 0.412. The number of rotatable bonds is 8. The van der Waals surface area contributed by atoms with Crippen molar-refractivity contribution in [2.45, 2.75) is 39.3 Å². The quantitative estimate of drug-likeness (QED) is 0.323. The maximum absolute atomic E-state index is 6.06. The van der Waals surface area contributed by atoms with Gasteiger partial charge in [-0.25, -0.2) is 0 Å². The van der Waals surface area contributed by atoms with Gasteiger partial charge in [0.15, 0.2) is 0 Å². The van der Waals surface area contributed by atoms with Gasteiger partial charge in [0.25, 0.3) is 5.95 Å². The molecule has 0 atom stereocenters. The molecule has 0 N–H and O–H groups in total. The highest BCUT2D eigenvalue weighted by Crippen LogP contribution is 2.20. The van der Waals surface area contributed by atoms with Crippen molar-refractivity contribution >= 4 is 28.2 Å². The Bertz CT molecular complexity index is 584. The van der Waals surface area contributed by atoms with Gasteiger partial charge in [0.1, 0.15) is 17.8 Å². The van der Waals surface area contributed by atoms with E-state index in [1.54, 1.807) is 43.7 Å². The molecule has 0 aliphatic rings. The van der Waals surface area contributed by atoms with E-state index >= 15 is 0 Å².